The predicted molar refractivity (Wildman–Crippen MR) is 91.3 cm³/mol. The molecule has 0 saturated heterocycles. The lowest BCUT2D eigenvalue weighted by molar-refractivity contribution is -0.142. The molecule has 0 aliphatic heterocycles. The van der Waals surface area contributed by atoms with Gasteiger partial charge in [0.05, 0.1) is 12.7 Å². The van der Waals surface area contributed by atoms with Crippen molar-refractivity contribution in [1.82, 2.24) is 0 Å². The molecule has 0 radical (unpaired) electrons. The van der Waals surface area contributed by atoms with E-state index in [4.69, 9.17) is 9.47 Å². The standard InChI is InChI=1S/C17H21NO5S/c1-3-7-14(20)23-10-13(19)18-16-15(17(21)22-2)11-8-5-4-6-9-12(11)24-16/h3,7H,4-6,8-10H2,1-2H3,(H,18,19)/b7-3+. The van der Waals surface area contributed by atoms with Crippen LogP contribution in [0.1, 0.15) is 47.0 Å². The maximum absolute atomic E-state index is 12.2. The van der Waals surface area contributed by atoms with Crippen LogP contribution in [0.3, 0.4) is 0 Å². The molecule has 130 valence electrons. The summed E-state index contributed by atoms with van der Waals surface area (Å²) in [6.45, 7) is 1.29. The summed E-state index contributed by atoms with van der Waals surface area (Å²) in [5.74, 6) is -1.51. The summed E-state index contributed by atoms with van der Waals surface area (Å²) in [4.78, 5) is 36.5. The fraction of sp³-hybridized carbons (Fsp3) is 0.471. The molecule has 6 nitrogen and oxygen atoms in total. The fourth-order valence-corrected chi connectivity index (χ4v) is 3.93. The van der Waals surface area contributed by atoms with Crippen LogP contribution in [0.4, 0.5) is 5.00 Å². The minimum atomic E-state index is -0.581. The van der Waals surface area contributed by atoms with Gasteiger partial charge in [-0.05, 0) is 38.2 Å². The van der Waals surface area contributed by atoms with Crippen molar-refractivity contribution < 1.29 is 23.9 Å². The SMILES string of the molecule is C/C=C/C(=O)OCC(=O)Nc1sc2c(c1C(=O)OC)CCCCC2. The van der Waals surface area contributed by atoms with Gasteiger partial charge in [-0.15, -0.1) is 11.3 Å². The van der Waals surface area contributed by atoms with Gasteiger partial charge in [0.25, 0.3) is 5.91 Å². The molecule has 0 saturated carbocycles. The number of carbonyl (C=O) groups is 3. The lowest BCUT2D eigenvalue weighted by Crippen LogP contribution is -2.21. The minimum Gasteiger partial charge on any atom is -0.465 e. The molecule has 0 bridgehead atoms. The molecule has 0 spiro atoms. The van der Waals surface area contributed by atoms with E-state index in [1.54, 1.807) is 6.92 Å². The maximum atomic E-state index is 12.2. The van der Waals surface area contributed by atoms with E-state index in [2.05, 4.69) is 5.32 Å². The quantitative estimate of drug-likeness (QED) is 0.501. The summed E-state index contributed by atoms with van der Waals surface area (Å²) < 4.78 is 9.69. The summed E-state index contributed by atoms with van der Waals surface area (Å²) in [6.07, 6.45) is 7.69. The molecule has 1 aliphatic rings. The number of thiophene rings is 1. The first-order valence-corrected chi connectivity index (χ1v) is 8.70. The molecule has 1 amide bonds. The summed E-state index contributed by atoms with van der Waals surface area (Å²) >= 11 is 1.40. The van der Waals surface area contributed by atoms with Crippen LogP contribution >= 0.6 is 11.3 Å². The molecule has 1 aromatic heterocycles. The number of allylic oxidation sites excluding steroid dienone is 1. The van der Waals surface area contributed by atoms with Gasteiger partial charge in [-0.3, -0.25) is 4.79 Å². The van der Waals surface area contributed by atoms with Crippen molar-refractivity contribution in [3.8, 4) is 0 Å². The summed E-state index contributed by atoms with van der Waals surface area (Å²) in [5, 5.41) is 3.15. The first kappa shape index (κ1) is 18.2. The molecule has 0 atom stereocenters. The minimum absolute atomic E-state index is 0.396. The van der Waals surface area contributed by atoms with Crippen molar-refractivity contribution >= 4 is 34.2 Å². The Morgan fingerprint density at radius 2 is 1.96 bits per heavy atom. The highest BCUT2D eigenvalue weighted by Crippen LogP contribution is 2.37. The molecule has 2 rings (SSSR count). The molecular weight excluding hydrogens is 330 g/mol. The third-order valence-electron chi connectivity index (χ3n) is 3.71. The summed E-state index contributed by atoms with van der Waals surface area (Å²) in [6, 6.07) is 0. The lowest BCUT2D eigenvalue weighted by Gasteiger charge is -2.07. The molecule has 24 heavy (non-hydrogen) atoms. The van der Waals surface area contributed by atoms with Gasteiger partial charge < -0.3 is 14.8 Å². The van der Waals surface area contributed by atoms with Gasteiger partial charge in [0.2, 0.25) is 0 Å². The molecule has 1 aliphatic carbocycles. The Kier molecular flexibility index (Phi) is 6.54. The molecule has 0 unspecified atom stereocenters. The first-order chi connectivity index (χ1) is 11.6. The number of nitrogens with one attached hydrogen (secondary N) is 1. The average Bonchev–Trinajstić information content (AvgIpc) is 2.74. The maximum Gasteiger partial charge on any atom is 0.341 e. The Morgan fingerprint density at radius 1 is 1.21 bits per heavy atom. The number of aryl methyl sites for hydroxylation is 1. The van der Waals surface area contributed by atoms with Crippen LogP contribution in [0.15, 0.2) is 12.2 Å². The number of methoxy groups -OCH3 is 1. The van der Waals surface area contributed by atoms with Crippen LogP contribution in [-0.2, 0) is 31.9 Å². The van der Waals surface area contributed by atoms with Gasteiger partial charge in [0.15, 0.2) is 6.61 Å². The highest BCUT2D eigenvalue weighted by Gasteiger charge is 2.26. The number of hydrogen-bond acceptors (Lipinski definition) is 6. The Hall–Kier alpha value is -2.15. The molecule has 1 N–H and O–H groups in total. The van der Waals surface area contributed by atoms with Gasteiger partial charge in [-0.1, -0.05) is 12.5 Å². The fourth-order valence-electron chi connectivity index (χ4n) is 2.63. The number of carbonyl (C=O) groups excluding carboxylic acids is 3. The largest absolute Gasteiger partial charge is 0.465 e. The van der Waals surface area contributed by atoms with Crippen LogP contribution in [0.2, 0.25) is 0 Å². The van der Waals surface area contributed by atoms with Crippen molar-refractivity contribution in [2.45, 2.75) is 39.0 Å². The van der Waals surface area contributed by atoms with Crippen LogP contribution in [0, 0.1) is 0 Å². The van der Waals surface area contributed by atoms with Crippen LogP contribution in [0.25, 0.3) is 0 Å². The van der Waals surface area contributed by atoms with Crippen LogP contribution in [0.5, 0.6) is 0 Å². The van der Waals surface area contributed by atoms with Crippen molar-refractivity contribution in [1.29, 1.82) is 0 Å². The van der Waals surface area contributed by atoms with E-state index >= 15 is 0 Å². The number of anilines is 1. The van der Waals surface area contributed by atoms with Crippen molar-refractivity contribution in [3.63, 3.8) is 0 Å². The third-order valence-corrected chi connectivity index (χ3v) is 4.92. The second kappa shape index (κ2) is 8.63. The number of rotatable bonds is 5. The van der Waals surface area contributed by atoms with E-state index in [0.717, 1.165) is 42.5 Å². The predicted octanol–water partition coefficient (Wildman–Crippen LogP) is 2.86. The van der Waals surface area contributed by atoms with Gasteiger partial charge in [0.1, 0.15) is 5.00 Å². The van der Waals surface area contributed by atoms with Gasteiger partial charge >= 0.3 is 11.9 Å². The van der Waals surface area contributed by atoms with E-state index in [9.17, 15) is 14.4 Å². The van der Waals surface area contributed by atoms with Gasteiger partial charge in [-0.25, -0.2) is 9.59 Å². The zero-order valence-electron chi connectivity index (χ0n) is 13.8. The third kappa shape index (κ3) is 4.44. The molecule has 0 aromatic carbocycles. The molecule has 1 aromatic rings. The van der Waals surface area contributed by atoms with Gasteiger partial charge in [0, 0.05) is 11.0 Å². The van der Waals surface area contributed by atoms with Gasteiger partial charge in [-0.2, -0.15) is 0 Å². The van der Waals surface area contributed by atoms with E-state index in [-0.39, 0.29) is 0 Å². The van der Waals surface area contributed by atoms with Crippen molar-refractivity contribution in [2.24, 2.45) is 0 Å². The highest BCUT2D eigenvalue weighted by atomic mass is 32.1. The van der Waals surface area contributed by atoms with Crippen LogP contribution < -0.4 is 5.32 Å². The van der Waals surface area contributed by atoms with E-state index in [1.807, 2.05) is 0 Å². The van der Waals surface area contributed by atoms with E-state index < -0.39 is 24.5 Å². The number of hydrogen-bond donors (Lipinski definition) is 1. The Labute approximate surface area is 144 Å². The molecule has 0 fully saturated rings. The first-order valence-electron chi connectivity index (χ1n) is 7.89. The Morgan fingerprint density at radius 3 is 2.67 bits per heavy atom. The highest BCUT2D eigenvalue weighted by molar-refractivity contribution is 7.17. The number of ether oxygens (including phenoxy) is 2. The van der Waals surface area contributed by atoms with E-state index in [0.29, 0.717) is 10.6 Å². The zero-order valence-corrected chi connectivity index (χ0v) is 14.7. The zero-order chi connectivity index (χ0) is 17.5. The Balaban J connectivity index is 2.15. The van der Waals surface area contributed by atoms with Crippen LogP contribution in [-0.4, -0.2) is 31.6 Å². The Bertz CT molecular complexity index is 662. The molecular formula is C17H21NO5S. The topological polar surface area (TPSA) is 81.7 Å². The molecule has 7 heteroatoms. The number of esters is 2. The molecule has 1 heterocycles. The summed E-state index contributed by atoms with van der Waals surface area (Å²) in [5.41, 5.74) is 1.41. The second-order valence-electron chi connectivity index (χ2n) is 5.42. The second-order valence-corrected chi connectivity index (χ2v) is 6.52. The number of fused-ring (bicyclic) bond motifs is 1. The average molecular weight is 351 g/mol. The normalized spacial score (nSPS) is 13.9. The summed E-state index contributed by atoms with van der Waals surface area (Å²) in [7, 11) is 1.33. The smallest absolute Gasteiger partial charge is 0.341 e. The lowest BCUT2D eigenvalue weighted by atomic mass is 10.1. The van der Waals surface area contributed by atoms with Crippen molar-refractivity contribution in [3.05, 3.63) is 28.2 Å². The van der Waals surface area contributed by atoms with Crippen molar-refractivity contribution in [2.75, 3.05) is 19.0 Å². The monoisotopic (exact) mass is 351 g/mol. The van der Waals surface area contributed by atoms with E-state index in [1.165, 1.54) is 30.6 Å². The number of amides is 1.